The van der Waals surface area contributed by atoms with Crippen LogP contribution in [0.3, 0.4) is 0 Å². The molecule has 0 spiro atoms. The second kappa shape index (κ2) is 5.34. The molecule has 3 aromatic rings. The smallest absolute Gasteiger partial charge is 0.335 e. The van der Waals surface area contributed by atoms with Crippen LogP contribution in [0.1, 0.15) is 20.7 Å². The Morgan fingerprint density at radius 3 is 2.33 bits per heavy atom. The monoisotopic (exact) mass is 298 g/mol. The van der Waals surface area contributed by atoms with Gasteiger partial charge in [-0.2, -0.15) is 0 Å². The first-order valence-electron chi connectivity index (χ1n) is 6.14. The van der Waals surface area contributed by atoms with E-state index in [1.165, 1.54) is 35.6 Å². The summed E-state index contributed by atoms with van der Waals surface area (Å²) in [6.45, 7) is 0. The summed E-state index contributed by atoms with van der Waals surface area (Å²) in [5.41, 5.74) is 1.37. The Hall–Kier alpha value is -2.73. The molecule has 0 atom stereocenters. The van der Waals surface area contributed by atoms with Crippen LogP contribution in [-0.4, -0.2) is 22.0 Å². The van der Waals surface area contributed by atoms with Crippen LogP contribution in [0.5, 0.6) is 0 Å². The van der Waals surface area contributed by atoms with Crippen molar-refractivity contribution < 1.29 is 14.7 Å². The van der Waals surface area contributed by atoms with Crippen molar-refractivity contribution in [3.05, 3.63) is 59.7 Å². The summed E-state index contributed by atoms with van der Waals surface area (Å²) in [4.78, 5) is 27.2. The molecule has 0 fully saturated rings. The van der Waals surface area contributed by atoms with Crippen LogP contribution in [0, 0.1) is 0 Å². The molecule has 1 amide bonds. The largest absolute Gasteiger partial charge is 0.478 e. The molecule has 0 aliphatic carbocycles. The van der Waals surface area contributed by atoms with Crippen molar-refractivity contribution in [3.63, 3.8) is 0 Å². The average Bonchev–Trinajstić information content (AvgIpc) is 2.89. The molecule has 0 aliphatic rings. The summed E-state index contributed by atoms with van der Waals surface area (Å²) in [5, 5.41) is 12.1. The number of hydrogen-bond donors (Lipinski definition) is 2. The van der Waals surface area contributed by atoms with Crippen LogP contribution in [0.2, 0.25) is 0 Å². The predicted octanol–water partition coefficient (Wildman–Crippen LogP) is 3.25. The molecule has 1 heterocycles. The summed E-state index contributed by atoms with van der Waals surface area (Å²) in [5.74, 6) is -1.33. The van der Waals surface area contributed by atoms with E-state index in [2.05, 4.69) is 10.3 Å². The molecule has 3 rings (SSSR count). The zero-order valence-corrected chi connectivity index (χ0v) is 11.6. The third kappa shape index (κ3) is 2.75. The fourth-order valence-electron chi connectivity index (χ4n) is 1.86. The van der Waals surface area contributed by atoms with Gasteiger partial charge in [-0.05, 0) is 36.4 Å². The number of carboxylic acid groups (broad SMARTS) is 1. The molecule has 1 aromatic heterocycles. The Morgan fingerprint density at radius 1 is 1.00 bits per heavy atom. The molecule has 0 bridgehead atoms. The maximum absolute atomic E-state index is 12.1. The molecule has 21 heavy (non-hydrogen) atoms. The van der Waals surface area contributed by atoms with E-state index in [9.17, 15) is 9.59 Å². The minimum Gasteiger partial charge on any atom is -0.478 e. The number of anilines is 1. The van der Waals surface area contributed by atoms with Gasteiger partial charge in [0.15, 0.2) is 5.13 Å². The van der Waals surface area contributed by atoms with Crippen molar-refractivity contribution in [2.24, 2.45) is 0 Å². The summed E-state index contributed by atoms with van der Waals surface area (Å²) in [6, 6.07) is 13.4. The van der Waals surface area contributed by atoms with Crippen molar-refractivity contribution in [1.29, 1.82) is 0 Å². The quantitative estimate of drug-likeness (QED) is 0.778. The highest BCUT2D eigenvalue weighted by atomic mass is 32.1. The number of thiazole rings is 1. The minimum absolute atomic E-state index is 0.145. The van der Waals surface area contributed by atoms with Crippen molar-refractivity contribution in [1.82, 2.24) is 4.98 Å². The van der Waals surface area contributed by atoms with Crippen molar-refractivity contribution in [3.8, 4) is 0 Å². The number of benzene rings is 2. The maximum atomic E-state index is 12.1. The number of hydrogen-bond acceptors (Lipinski definition) is 4. The van der Waals surface area contributed by atoms with Crippen molar-refractivity contribution in [2.45, 2.75) is 0 Å². The molecule has 0 saturated heterocycles. The normalized spacial score (nSPS) is 10.5. The lowest BCUT2D eigenvalue weighted by Crippen LogP contribution is -2.11. The Kier molecular flexibility index (Phi) is 3.37. The third-order valence-electron chi connectivity index (χ3n) is 2.91. The molecule has 0 radical (unpaired) electrons. The minimum atomic E-state index is -1.02. The number of aromatic nitrogens is 1. The van der Waals surface area contributed by atoms with Crippen LogP contribution in [0.25, 0.3) is 10.2 Å². The van der Waals surface area contributed by atoms with Gasteiger partial charge >= 0.3 is 5.97 Å². The Labute approximate surface area is 123 Å². The lowest BCUT2D eigenvalue weighted by Gasteiger charge is -2.01. The third-order valence-corrected chi connectivity index (χ3v) is 3.86. The molecular formula is C15H10N2O3S. The van der Waals surface area contributed by atoms with Gasteiger partial charge in [0.05, 0.1) is 15.8 Å². The van der Waals surface area contributed by atoms with Gasteiger partial charge in [-0.25, -0.2) is 9.78 Å². The molecule has 2 aromatic carbocycles. The number of nitrogens with one attached hydrogen (secondary N) is 1. The van der Waals surface area contributed by atoms with Gasteiger partial charge in [-0.15, -0.1) is 0 Å². The number of fused-ring (bicyclic) bond motifs is 1. The zero-order valence-electron chi connectivity index (χ0n) is 10.7. The van der Waals surface area contributed by atoms with E-state index in [1.807, 2.05) is 24.3 Å². The van der Waals surface area contributed by atoms with E-state index >= 15 is 0 Å². The lowest BCUT2D eigenvalue weighted by molar-refractivity contribution is 0.0696. The molecule has 0 aliphatic heterocycles. The van der Waals surface area contributed by atoms with Crippen LogP contribution in [-0.2, 0) is 0 Å². The van der Waals surface area contributed by atoms with E-state index < -0.39 is 5.97 Å². The van der Waals surface area contributed by atoms with E-state index in [-0.39, 0.29) is 11.5 Å². The van der Waals surface area contributed by atoms with Gasteiger partial charge in [0.1, 0.15) is 0 Å². The summed E-state index contributed by atoms with van der Waals surface area (Å²) in [7, 11) is 0. The number of nitrogens with zero attached hydrogens (tertiary/aromatic N) is 1. The van der Waals surface area contributed by atoms with Crippen molar-refractivity contribution >= 4 is 38.6 Å². The highest BCUT2D eigenvalue weighted by Gasteiger charge is 2.10. The number of carbonyl (C=O) groups excluding carboxylic acids is 1. The van der Waals surface area contributed by atoms with E-state index in [1.54, 1.807) is 0 Å². The molecule has 104 valence electrons. The highest BCUT2D eigenvalue weighted by molar-refractivity contribution is 7.22. The second-order valence-electron chi connectivity index (χ2n) is 4.32. The maximum Gasteiger partial charge on any atom is 0.335 e. The Morgan fingerprint density at radius 2 is 1.67 bits per heavy atom. The van der Waals surface area contributed by atoms with Crippen LogP contribution in [0.4, 0.5) is 5.13 Å². The molecule has 0 unspecified atom stereocenters. The Bertz CT molecular complexity index is 791. The Balaban J connectivity index is 1.80. The van der Waals surface area contributed by atoms with Gasteiger partial charge in [0.2, 0.25) is 0 Å². The number of amides is 1. The van der Waals surface area contributed by atoms with Gasteiger partial charge in [0.25, 0.3) is 5.91 Å². The van der Waals surface area contributed by atoms with Gasteiger partial charge < -0.3 is 5.11 Å². The topological polar surface area (TPSA) is 79.3 Å². The number of carboxylic acids is 1. The number of rotatable bonds is 3. The lowest BCUT2D eigenvalue weighted by atomic mass is 10.1. The fraction of sp³-hybridized carbons (Fsp3) is 0. The molecule has 6 heteroatoms. The highest BCUT2D eigenvalue weighted by Crippen LogP contribution is 2.25. The van der Waals surface area contributed by atoms with Gasteiger partial charge in [0, 0.05) is 5.56 Å². The van der Waals surface area contributed by atoms with Crippen LogP contribution >= 0.6 is 11.3 Å². The van der Waals surface area contributed by atoms with Crippen LogP contribution < -0.4 is 5.32 Å². The second-order valence-corrected chi connectivity index (χ2v) is 5.35. The standard InChI is InChI=1S/C15H10N2O3S/c18-13(9-5-7-10(8-6-9)14(19)20)17-15-16-11-3-1-2-4-12(11)21-15/h1-8H,(H,19,20)(H,16,17,18). The summed E-state index contributed by atoms with van der Waals surface area (Å²) >= 11 is 1.39. The van der Waals surface area contributed by atoms with E-state index in [4.69, 9.17) is 5.11 Å². The van der Waals surface area contributed by atoms with Gasteiger partial charge in [-0.3, -0.25) is 10.1 Å². The average molecular weight is 298 g/mol. The number of carbonyl (C=O) groups is 2. The first-order chi connectivity index (χ1) is 10.1. The number of aromatic carboxylic acids is 1. The predicted molar refractivity (Wildman–Crippen MR) is 81.0 cm³/mol. The van der Waals surface area contributed by atoms with E-state index in [0.29, 0.717) is 10.7 Å². The molecule has 2 N–H and O–H groups in total. The zero-order chi connectivity index (χ0) is 14.8. The first kappa shape index (κ1) is 13.3. The van der Waals surface area contributed by atoms with Gasteiger partial charge in [-0.1, -0.05) is 23.5 Å². The number of para-hydroxylation sites is 1. The first-order valence-corrected chi connectivity index (χ1v) is 6.95. The SMILES string of the molecule is O=C(O)c1ccc(C(=O)Nc2nc3ccccc3s2)cc1. The molecule has 0 saturated carbocycles. The van der Waals surface area contributed by atoms with E-state index in [0.717, 1.165) is 10.2 Å². The fourth-order valence-corrected chi connectivity index (χ4v) is 2.72. The molecular weight excluding hydrogens is 288 g/mol. The summed E-state index contributed by atoms with van der Waals surface area (Å²) in [6.07, 6.45) is 0. The van der Waals surface area contributed by atoms with Crippen LogP contribution in [0.15, 0.2) is 48.5 Å². The molecule has 5 nitrogen and oxygen atoms in total. The summed E-state index contributed by atoms with van der Waals surface area (Å²) < 4.78 is 0.994. The van der Waals surface area contributed by atoms with Crippen molar-refractivity contribution in [2.75, 3.05) is 5.32 Å².